The average molecular weight is 156 g/mol. The van der Waals surface area contributed by atoms with Crippen LogP contribution in [0.2, 0.25) is 0 Å². The Morgan fingerprint density at radius 2 is 2.08 bits per heavy atom. The Kier molecular flexibility index (Phi) is 1.83. The number of benzene rings is 1. The second-order valence-electron chi connectivity index (χ2n) is 3.02. The van der Waals surface area contributed by atoms with Crippen molar-refractivity contribution in [2.75, 3.05) is 0 Å². The topological polar surface area (TPSA) is 0 Å². The molecule has 2 rings (SSSR count). The summed E-state index contributed by atoms with van der Waals surface area (Å²) in [5.41, 5.74) is 4.22. The van der Waals surface area contributed by atoms with Crippen LogP contribution in [0.5, 0.6) is 0 Å². The summed E-state index contributed by atoms with van der Waals surface area (Å²) in [5, 5.41) is 0. The van der Waals surface area contributed by atoms with E-state index in [0.717, 1.165) is 6.42 Å². The van der Waals surface area contributed by atoms with Crippen molar-refractivity contribution in [1.29, 1.82) is 0 Å². The third-order valence-electron chi connectivity index (χ3n) is 2.22. The predicted molar refractivity (Wildman–Crippen MR) is 52.9 cm³/mol. The normalized spacial score (nSPS) is 14.9. The maximum Gasteiger partial charge on any atom is -0.00821 e. The molecule has 0 unspecified atom stereocenters. The number of fused-ring (bicyclic) bond motifs is 1. The first-order chi connectivity index (χ1) is 5.92. The molecule has 0 bridgehead atoms. The first-order valence-corrected chi connectivity index (χ1v) is 4.33. The molecule has 0 saturated heterocycles. The van der Waals surface area contributed by atoms with Crippen LogP contribution >= 0.6 is 0 Å². The third-order valence-corrected chi connectivity index (χ3v) is 2.22. The largest absolute Gasteiger partial charge is 0.0871 e. The van der Waals surface area contributed by atoms with Gasteiger partial charge in [-0.3, -0.25) is 0 Å². The molecule has 0 nitrogen and oxygen atoms in total. The standard InChI is InChI=1S/C12H12/c1-2-5-10-8-9-11-6-3-4-7-12(10)11/h2-8H,9H2,1H3/b5-2-. The minimum atomic E-state index is 1.09. The Balaban J connectivity index is 2.45. The van der Waals surface area contributed by atoms with Crippen LogP contribution < -0.4 is 0 Å². The smallest absolute Gasteiger partial charge is 0.00821 e. The van der Waals surface area contributed by atoms with Crippen molar-refractivity contribution in [3.8, 4) is 0 Å². The molecule has 0 radical (unpaired) electrons. The van der Waals surface area contributed by atoms with Gasteiger partial charge in [0.1, 0.15) is 0 Å². The molecule has 1 aromatic carbocycles. The maximum absolute atomic E-state index is 2.28. The summed E-state index contributed by atoms with van der Waals surface area (Å²) in [6.07, 6.45) is 7.64. The highest BCUT2D eigenvalue weighted by Gasteiger charge is 2.09. The van der Waals surface area contributed by atoms with Crippen molar-refractivity contribution >= 4 is 5.57 Å². The molecule has 0 heterocycles. The molecular formula is C12H12. The summed E-state index contributed by atoms with van der Waals surface area (Å²) in [4.78, 5) is 0. The molecule has 1 aliphatic rings. The summed E-state index contributed by atoms with van der Waals surface area (Å²) in [7, 11) is 0. The highest BCUT2D eigenvalue weighted by atomic mass is 14.1. The van der Waals surface area contributed by atoms with Gasteiger partial charge < -0.3 is 0 Å². The minimum Gasteiger partial charge on any atom is -0.0871 e. The zero-order valence-corrected chi connectivity index (χ0v) is 7.25. The van der Waals surface area contributed by atoms with E-state index >= 15 is 0 Å². The van der Waals surface area contributed by atoms with E-state index < -0.39 is 0 Å². The number of rotatable bonds is 1. The predicted octanol–water partition coefficient (Wildman–Crippen LogP) is 3.20. The second-order valence-corrected chi connectivity index (χ2v) is 3.02. The maximum atomic E-state index is 2.28. The molecule has 0 saturated carbocycles. The summed E-state index contributed by atoms with van der Waals surface area (Å²) >= 11 is 0. The van der Waals surface area contributed by atoms with Crippen LogP contribution in [0.1, 0.15) is 18.1 Å². The van der Waals surface area contributed by atoms with E-state index in [1.54, 1.807) is 0 Å². The lowest BCUT2D eigenvalue weighted by molar-refractivity contribution is 1.31. The molecule has 1 aromatic rings. The first kappa shape index (κ1) is 7.35. The van der Waals surface area contributed by atoms with Crippen molar-refractivity contribution < 1.29 is 0 Å². The number of hydrogen-bond acceptors (Lipinski definition) is 0. The Morgan fingerprint density at radius 1 is 1.25 bits per heavy atom. The van der Waals surface area contributed by atoms with Gasteiger partial charge in [0.05, 0.1) is 0 Å². The monoisotopic (exact) mass is 156 g/mol. The van der Waals surface area contributed by atoms with E-state index in [4.69, 9.17) is 0 Å². The molecule has 0 spiro atoms. The summed E-state index contributed by atoms with van der Waals surface area (Å²) in [6, 6.07) is 8.59. The fourth-order valence-corrected chi connectivity index (χ4v) is 1.65. The Bertz CT molecular complexity index is 343. The van der Waals surface area contributed by atoms with Crippen molar-refractivity contribution in [2.24, 2.45) is 0 Å². The van der Waals surface area contributed by atoms with Gasteiger partial charge in [-0.05, 0) is 30.0 Å². The Morgan fingerprint density at radius 3 is 2.92 bits per heavy atom. The molecule has 0 heteroatoms. The van der Waals surface area contributed by atoms with Gasteiger partial charge in [-0.15, -0.1) is 0 Å². The van der Waals surface area contributed by atoms with Gasteiger partial charge in [0.25, 0.3) is 0 Å². The second kappa shape index (κ2) is 2.98. The van der Waals surface area contributed by atoms with Gasteiger partial charge in [-0.25, -0.2) is 0 Å². The van der Waals surface area contributed by atoms with Crippen LogP contribution in [0.3, 0.4) is 0 Å². The van der Waals surface area contributed by atoms with Gasteiger partial charge in [-0.1, -0.05) is 42.5 Å². The van der Waals surface area contributed by atoms with Gasteiger partial charge in [-0.2, -0.15) is 0 Å². The molecule has 0 N–H and O–H groups in total. The van der Waals surface area contributed by atoms with E-state index in [0.29, 0.717) is 0 Å². The van der Waals surface area contributed by atoms with E-state index in [1.165, 1.54) is 16.7 Å². The molecule has 0 atom stereocenters. The van der Waals surface area contributed by atoms with E-state index in [1.807, 2.05) is 0 Å². The third kappa shape index (κ3) is 1.10. The van der Waals surface area contributed by atoms with Crippen LogP contribution in [0.4, 0.5) is 0 Å². The molecule has 0 aromatic heterocycles. The van der Waals surface area contributed by atoms with Crippen LogP contribution in [-0.4, -0.2) is 0 Å². The SMILES string of the molecule is C/C=C\C1=CCc2ccccc21. The summed E-state index contributed by atoms with van der Waals surface area (Å²) < 4.78 is 0. The lowest BCUT2D eigenvalue weighted by Gasteiger charge is -1.99. The molecule has 0 amide bonds. The zero-order valence-electron chi connectivity index (χ0n) is 7.25. The fourth-order valence-electron chi connectivity index (χ4n) is 1.65. The molecule has 12 heavy (non-hydrogen) atoms. The molecular weight excluding hydrogens is 144 g/mol. The number of allylic oxidation sites excluding steroid dienone is 4. The van der Waals surface area contributed by atoms with E-state index in [9.17, 15) is 0 Å². The van der Waals surface area contributed by atoms with Crippen molar-refractivity contribution in [3.63, 3.8) is 0 Å². The van der Waals surface area contributed by atoms with Gasteiger partial charge in [0, 0.05) is 0 Å². The molecule has 0 aliphatic heterocycles. The Hall–Kier alpha value is -1.30. The summed E-state index contributed by atoms with van der Waals surface area (Å²) in [6.45, 7) is 2.06. The molecule has 0 fully saturated rings. The van der Waals surface area contributed by atoms with Crippen molar-refractivity contribution in [3.05, 3.63) is 53.6 Å². The fraction of sp³-hybridized carbons (Fsp3) is 0.167. The van der Waals surface area contributed by atoms with E-state index in [2.05, 4.69) is 49.4 Å². The molecule has 1 aliphatic carbocycles. The minimum absolute atomic E-state index is 1.09. The lowest BCUT2D eigenvalue weighted by Crippen LogP contribution is -1.80. The summed E-state index contributed by atoms with van der Waals surface area (Å²) in [5.74, 6) is 0. The van der Waals surface area contributed by atoms with E-state index in [-0.39, 0.29) is 0 Å². The van der Waals surface area contributed by atoms with Crippen LogP contribution in [0, 0.1) is 0 Å². The van der Waals surface area contributed by atoms with Gasteiger partial charge >= 0.3 is 0 Å². The van der Waals surface area contributed by atoms with Crippen molar-refractivity contribution in [2.45, 2.75) is 13.3 Å². The zero-order chi connectivity index (χ0) is 8.39. The van der Waals surface area contributed by atoms with Gasteiger partial charge in [0.15, 0.2) is 0 Å². The van der Waals surface area contributed by atoms with Crippen molar-refractivity contribution in [1.82, 2.24) is 0 Å². The molecule has 60 valence electrons. The van der Waals surface area contributed by atoms with Gasteiger partial charge in [0.2, 0.25) is 0 Å². The number of hydrogen-bond donors (Lipinski definition) is 0. The average Bonchev–Trinajstić information content (AvgIpc) is 2.50. The Labute approximate surface area is 73.2 Å². The highest BCUT2D eigenvalue weighted by molar-refractivity contribution is 5.79. The van der Waals surface area contributed by atoms with Crippen LogP contribution in [0.25, 0.3) is 5.57 Å². The lowest BCUT2D eigenvalue weighted by atomic mass is 10.1. The quantitative estimate of drug-likeness (QED) is 0.585. The van der Waals surface area contributed by atoms with Crippen LogP contribution in [0.15, 0.2) is 42.5 Å². The van der Waals surface area contributed by atoms with Crippen LogP contribution in [-0.2, 0) is 6.42 Å². The first-order valence-electron chi connectivity index (χ1n) is 4.33. The highest BCUT2D eigenvalue weighted by Crippen LogP contribution is 2.27.